The summed E-state index contributed by atoms with van der Waals surface area (Å²) in [7, 11) is 1.57. The first kappa shape index (κ1) is 18.6. The summed E-state index contributed by atoms with van der Waals surface area (Å²) in [5.74, 6) is 0.136. The number of carbonyl (C=O) groups is 1. The molecule has 1 heterocycles. The lowest BCUT2D eigenvalue weighted by Crippen LogP contribution is -2.05. The second-order valence-corrected chi connectivity index (χ2v) is 6.69. The minimum Gasteiger partial charge on any atom is -0.495 e. The van der Waals surface area contributed by atoms with E-state index in [9.17, 15) is 9.18 Å². The van der Waals surface area contributed by atoms with E-state index in [1.165, 1.54) is 12.1 Å². The quantitative estimate of drug-likeness (QED) is 0.441. The van der Waals surface area contributed by atoms with Crippen LogP contribution >= 0.6 is 0 Å². The predicted octanol–water partition coefficient (Wildman–Crippen LogP) is 5.23. The molecule has 0 aliphatic carbocycles. The first-order valence-corrected chi connectivity index (χ1v) is 9.15. The van der Waals surface area contributed by atoms with Crippen molar-refractivity contribution in [1.82, 2.24) is 9.55 Å². The molecule has 0 unspecified atom stereocenters. The van der Waals surface area contributed by atoms with E-state index in [4.69, 9.17) is 4.74 Å². The van der Waals surface area contributed by atoms with Gasteiger partial charge in [-0.25, -0.2) is 9.37 Å². The summed E-state index contributed by atoms with van der Waals surface area (Å²) in [6, 6.07) is 18.8. The van der Waals surface area contributed by atoms with Crippen molar-refractivity contribution in [2.24, 2.45) is 0 Å². The number of imidazole rings is 1. The highest BCUT2D eigenvalue weighted by Crippen LogP contribution is 2.29. The Morgan fingerprint density at radius 1 is 1.03 bits per heavy atom. The maximum atomic E-state index is 13.3. The van der Waals surface area contributed by atoms with Gasteiger partial charge >= 0.3 is 0 Å². The van der Waals surface area contributed by atoms with E-state index in [0.717, 1.165) is 22.5 Å². The van der Waals surface area contributed by atoms with Crippen LogP contribution in [0, 0.1) is 12.7 Å². The number of ether oxygens (including phenoxy) is 1. The number of aromatic nitrogens is 2. The lowest BCUT2D eigenvalue weighted by molar-refractivity contribution is 0.103. The Bertz CT molecular complexity index is 1180. The van der Waals surface area contributed by atoms with Crippen LogP contribution in [0.15, 0.2) is 79.3 Å². The maximum absolute atomic E-state index is 13.3. The van der Waals surface area contributed by atoms with Crippen LogP contribution in [0.3, 0.4) is 0 Å². The Labute approximate surface area is 168 Å². The standard InChI is InChI=1S/C24H19FN2O2/c1-16-14-27(15-26-16)22-12-9-18(13-23(22)29-2)24(28)21-6-4-3-5-20(21)17-7-10-19(25)11-8-17/h3-15H,1-2H3. The largest absolute Gasteiger partial charge is 0.495 e. The molecular weight excluding hydrogens is 367 g/mol. The molecule has 4 nitrogen and oxygen atoms in total. The molecule has 0 atom stereocenters. The number of halogens is 1. The monoisotopic (exact) mass is 386 g/mol. The fourth-order valence-electron chi connectivity index (χ4n) is 3.30. The molecule has 0 bridgehead atoms. The zero-order valence-corrected chi connectivity index (χ0v) is 16.1. The van der Waals surface area contributed by atoms with E-state index in [0.29, 0.717) is 16.9 Å². The summed E-state index contributed by atoms with van der Waals surface area (Å²) in [6.07, 6.45) is 3.60. The first-order chi connectivity index (χ1) is 14.1. The predicted molar refractivity (Wildman–Crippen MR) is 110 cm³/mol. The number of aryl methyl sites for hydroxylation is 1. The first-order valence-electron chi connectivity index (χ1n) is 9.15. The van der Waals surface area contributed by atoms with Crippen LogP contribution < -0.4 is 4.74 Å². The number of hydrogen-bond donors (Lipinski definition) is 0. The summed E-state index contributed by atoms with van der Waals surface area (Å²) in [5.41, 5.74) is 4.29. The summed E-state index contributed by atoms with van der Waals surface area (Å²) < 4.78 is 20.7. The molecule has 0 saturated heterocycles. The third-order valence-electron chi connectivity index (χ3n) is 4.76. The molecule has 0 spiro atoms. The average Bonchev–Trinajstić information content (AvgIpc) is 3.19. The lowest BCUT2D eigenvalue weighted by atomic mass is 9.94. The SMILES string of the molecule is COc1cc(C(=O)c2ccccc2-c2ccc(F)cc2)ccc1-n1cnc(C)c1. The molecule has 29 heavy (non-hydrogen) atoms. The van der Waals surface area contributed by atoms with Crippen molar-refractivity contribution in [3.05, 3.63) is 102 Å². The maximum Gasteiger partial charge on any atom is 0.193 e. The van der Waals surface area contributed by atoms with Crippen molar-refractivity contribution in [2.75, 3.05) is 7.11 Å². The van der Waals surface area contributed by atoms with Crippen molar-refractivity contribution in [3.63, 3.8) is 0 Å². The fourth-order valence-corrected chi connectivity index (χ4v) is 3.30. The van der Waals surface area contributed by atoms with Crippen LogP contribution in [0.25, 0.3) is 16.8 Å². The summed E-state index contributed by atoms with van der Waals surface area (Å²) in [5, 5.41) is 0. The van der Waals surface area contributed by atoms with Crippen molar-refractivity contribution < 1.29 is 13.9 Å². The molecule has 0 N–H and O–H groups in total. The van der Waals surface area contributed by atoms with Gasteiger partial charge in [-0.1, -0.05) is 36.4 Å². The minimum absolute atomic E-state index is 0.128. The van der Waals surface area contributed by atoms with Gasteiger partial charge in [0.1, 0.15) is 11.6 Å². The zero-order valence-electron chi connectivity index (χ0n) is 16.1. The van der Waals surface area contributed by atoms with Crippen LogP contribution in [-0.2, 0) is 0 Å². The van der Waals surface area contributed by atoms with E-state index < -0.39 is 0 Å². The van der Waals surface area contributed by atoms with Gasteiger partial charge in [-0.3, -0.25) is 4.79 Å². The van der Waals surface area contributed by atoms with Crippen LogP contribution in [0.5, 0.6) is 5.75 Å². The van der Waals surface area contributed by atoms with Crippen LogP contribution in [0.1, 0.15) is 21.6 Å². The molecule has 144 valence electrons. The van der Waals surface area contributed by atoms with E-state index in [2.05, 4.69) is 4.98 Å². The number of nitrogens with zero attached hydrogens (tertiary/aromatic N) is 2. The van der Waals surface area contributed by atoms with E-state index >= 15 is 0 Å². The van der Waals surface area contributed by atoms with Gasteiger partial charge in [0.05, 0.1) is 24.8 Å². The Morgan fingerprint density at radius 2 is 1.79 bits per heavy atom. The highest BCUT2D eigenvalue weighted by Gasteiger charge is 2.17. The van der Waals surface area contributed by atoms with Gasteiger partial charge < -0.3 is 9.30 Å². The molecule has 0 radical (unpaired) electrons. The van der Waals surface area contributed by atoms with Gasteiger partial charge in [-0.15, -0.1) is 0 Å². The Morgan fingerprint density at radius 3 is 2.48 bits per heavy atom. The highest BCUT2D eigenvalue weighted by atomic mass is 19.1. The minimum atomic E-state index is -0.312. The highest BCUT2D eigenvalue weighted by molar-refractivity contribution is 6.13. The molecule has 0 aliphatic rings. The van der Waals surface area contributed by atoms with Crippen molar-refractivity contribution in [2.45, 2.75) is 6.92 Å². The van der Waals surface area contributed by atoms with Gasteiger partial charge in [-0.05, 0) is 48.4 Å². The molecule has 5 heteroatoms. The normalized spacial score (nSPS) is 10.7. The van der Waals surface area contributed by atoms with Gasteiger partial charge in [0.25, 0.3) is 0 Å². The van der Waals surface area contributed by atoms with Gasteiger partial charge in [0, 0.05) is 17.3 Å². The Hall–Kier alpha value is -3.73. The molecule has 0 fully saturated rings. The smallest absolute Gasteiger partial charge is 0.193 e. The molecule has 0 saturated carbocycles. The van der Waals surface area contributed by atoms with Crippen LogP contribution in [0.2, 0.25) is 0 Å². The second-order valence-electron chi connectivity index (χ2n) is 6.69. The number of benzene rings is 3. The molecule has 0 amide bonds. The van der Waals surface area contributed by atoms with Gasteiger partial charge in [-0.2, -0.15) is 0 Å². The van der Waals surface area contributed by atoms with Gasteiger partial charge in [0.2, 0.25) is 0 Å². The number of ketones is 1. The van der Waals surface area contributed by atoms with Crippen molar-refractivity contribution >= 4 is 5.78 Å². The molecule has 4 rings (SSSR count). The lowest BCUT2D eigenvalue weighted by Gasteiger charge is -2.13. The van der Waals surface area contributed by atoms with Crippen molar-refractivity contribution in [3.8, 4) is 22.6 Å². The number of hydrogen-bond acceptors (Lipinski definition) is 3. The molecular formula is C24H19FN2O2. The van der Waals surface area contributed by atoms with Crippen LogP contribution in [-0.4, -0.2) is 22.4 Å². The Kier molecular flexibility index (Phi) is 4.96. The number of methoxy groups -OCH3 is 1. The topological polar surface area (TPSA) is 44.1 Å². The molecule has 4 aromatic rings. The van der Waals surface area contributed by atoms with E-state index in [1.807, 2.05) is 42.0 Å². The average molecular weight is 386 g/mol. The molecule has 1 aromatic heterocycles. The third-order valence-corrected chi connectivity index (χ3v) is 4.76. The zero-order chi connectivity index (χ0) is 20.4. The van der Waals surface area contributed by atoms with Crippen LogP contribution in [0.4, 0.5) is 4.39 Å². The fraction of sp³-hybridized carbons (Fsp3) is 0.0833. The Balaban J connectivity index is 1.75. The van der Waals surface area contributed by atoms with E-state index in [1.54, 1.807) is 43.8 Å². The number of rotatable bonds is 5. The van der Waals surface area contributed by atoms with E-state index in [-0.39, 0.29) is 11.6 Å². The number of carbonyl (C=O) groups excluding carboxylic acids is 1. The summed E-state index contributed by atoms with van der Waals surface area (Å²) in [6.45, 7) is 1.91. The third kappa shape index (κ3) is 3.67. The molecule has 0 aliphatic heterocycles. The molecule has 3 aromatic carbocycles. The summed E-state index contributed by atoms with van der Waals surface area (Å²) in [4.78, 5) is 17.5. The van der Waals surface area contributed by atoms with Crippen molar-refractivity contribution in [1.29, 1.82) is 0 Å². The second kappa shape index (κ2) is 7.72. The van der Waals surface area contributed by atoms with Gasteiger partial charge in [0.15, 0.2) is 5.78 Å². The summed E-state index contributed by atoms with van der Waals surface area (Å²) >= 11 is 0.